The molecule has 1 aromatic rings. The number of aliphatic carboxylic acids is 1. The summed E-state index contributed by atoms with van der Waals surface area (Å²) >= 11 is 5.99. The minimum atomic E-state index is -1.09. The molecule has 2 amide bonds. The predicted octanol–water partition coefficient (Wildman–Crippen LogP) is 2.50. The molecule has 1 aromatic carbocycles. The second-order valence-electron chi connectivity index (χ2n) is 5.36. The van der Waals surface area contributed by atoms with Crippen LogP contribution in [0.25, 0.3) is 0 Å². The molecule has 0 saturated heterocycles. The molecule has 0 aromatic heterocycles. The molecule has 0 bridgehead atoms. The van der Waals surface area contributed by atoms with Gasteiger partial charge >= 0.3 is 12.0 Å². The minimum absolute atomic E-state index is 0.275. The van der Waals surface area contributed by atoms with Crippen LogP contribution in [-0.4, -0.2) is 41.2 Å². The highest BCUT2D eigenvalue weighted by Gasteiger charge is 2.52. The van der Waals surface area contributed by atoms with Crippen LogP contribution in [0.15, 0.2) is 18.2 Å². The van der Waals surface area contributed by atoms with Crippen molar-refractivity contribution in [2.75, 3.05) is 13.7 Å². The van der Waals surface area contributed by atoms with Crippen molar-refractivity contribution in [3.63, 3.8) is 0 Å². The molecule has 22 heavy (non-hydrogen) atoms. The number of amides is 2. The topological polar surface area (TPSA) is 78.9 Å². The van der Waals surface area contributed by atoms with Crippen molar-refractivity contribution in [1.82, 2.24) is 10.2 Å². The van der Waals surface area contributed by atoms with Gasteiger partial charge in [-0.05, 0) is 38.0 Å². The second-order valence-corrected chi connectivity index (χ2v) is 5.79. The zero-order valence-electron chi connectivity index (χ0n) is 12.6. The summed E-state index contributed by atoms with van der Waals surface area (Å²) in [6, 6.07) is 4.79. The summed E-state index contributed by atoms with van der Waals surface area (Å²) in [5, 5.41) is 12.2. The Labute approximate surface area is 134 Å². The SMILES string of the molecule is CCOc1ccc(Cl)cc1CN(C)C(=O)NC1(C(=O)O)CC1. The van der Waals surface area contributed by atoms with Gasteiger partial charge in [-0.15, -0.1) is 0 Å². The van der Waals surface area contributed by atoms with Gasteiger partial charge in [0.15, 0.2) is 0 Å². The van der Waals surface area contributed by atoms with Gasteiger partial charge in [0.25, 0.3) is 0 Å². The Bertz CT molecular complexity index is 587. The molecule has 7 heteroatoms. The highest BCUT2D eigenvalue weighted by Crippen LogP contribution is 2.35. The molecule has 120 valence electrons. The fourth-order valence-electron chi connectivity index (χ4n) is 2.11. The van der Waals surface area contributed by atoms with Gasteiger partial charge in [0.2, 0.25) is 0 Å². The lowest BCUT2D eigenvalue weighted by molar-refractivity contribution is -0.140. The molecule has 0 radical (unpaired) electrons. The van der Waals surface area contributed by atoms with Crippen molar-refractivity contribution >= 4 is 23.6 Å². The number of hydrogen-bond acceptors (Lipinski definition) is 3. The van der Waals surface area contributed by atoms with Crippen molar-refractivity contribution in [3.05, 3.63) is 28.8 Å². The van der Waals surface area contributed by atoms with Crippen LogP contribution >= 0.6 is 11.6 Å². The van der Waals surface area contributed by atoms with Crippen LogP contribution in [0.2, 0.25) is 5.02 Å². The lowest BCUT2D eigenvalue weighted by atomic mass is 10.2. The maximum atomic E-state index is 12.1. The molecule has 1 fully saturated rings. The first-order valence-corrected chi connectivity index (χ1v) is 7.43. The summed E-state index contributed by atoms with van der Waals surface area (Å²) in [4.78, 5) is 24.7. The number of hydrogen-bond donors (Lipinski definition) is 2. The number of halogens is 1. The summed E-state index contributed by atoms with van der Waals surface area (Å²) in [6.45, 7) is 2.66. The number of carbonyl (C=O) groups excluding carboxylic acids is 1. The Morgan fingerprint density at radius 1 is 1.45 bits per heavy atom. The second kappa shape index (κ2) is 6.44. The van der Waals surface area contributed by atoms with Crippen molar-refractivity contribution < 1.29 is 19.4 Å². The van der Waals surface area contributed by atoms with Crippen molar-refractivity contribution in [1.29, 1.82) is 0 Å². The molecule has 1 aliphatic rings. The van der Waals surface area contributed by atoms with Gasteiger partial charge in [-0.3, -0.25) is 0 Å². The van der Waals surface area contributed by atoms with Crippen LogP contribution in [0.3, 0.4) is 0 Å². The molecule has 2 N–H and O–H groups in total. The van der Waals surface area contributed by atoms with E-state index in [1.165, 1.54) is 4.90 Å². The first-order chi connectivity index (χ1) is 10.4. The Kier molecular flexibility index (Phi) is 4.81. The Morgan fingerprint density at radius 3 is 2.68 bits per heavy atom. The van der Waals surface area contributed by atoms with E-state index in [-0.39, 0.29) is 6.54 Å². The number of carboxylic acids is 1. The zero-order chi connectivity index (χ0) is 16.3. The van der Waals surface area contributed by atoms with Crippen LogP contribution in [-0.2, 0) is 11.3 Å². The number of carboxylic acid groups (broad SMARTS) is 1. The van der Waals surface area contributed by atoms with E-state index in [9.17, 15) is 9.59 Å². The third-order valence-electron chi connectivity index (χ3n) is 3.58. The van der Waals surface area contributed by atoms with E-state index >= 15 is 0 Å². The molecule has 1 aliphatic carbocycles. The van der Waals surface area contributed by atoms with Crippen molar-refractivity contribution in [2.24, 2.45) is 0 Å². The lowest BCUT2D eigenvalue weighted by Crippen LogP contribution is -2.48. The maximum absolute atomic E-state index is 12.1. The van der Waals surface area contributed by atoms with Gasteiger partial charge in [-0.2, -0.15) is 0 Å². The van der Waals surface area contributed by atoms with Crippen molar-refractivity contribution in [3.8, 4) is 5.75 Å². The third kappa shape index (κ3) is 3.62. The number of ether oxygens (including phenoxy) is 1. The first kappa shape index (κ1) is 16.4. The first-order valence-electron chi connectivity index (χ1n) is 7.06. The molecule has 0 spiro atoms. The third-order valence-corrected chi connectivity index (χ3v) is 3.82. The standard InChI is InChI=1S/C15H19ClN2O4/c1-3-22-12-5-4-11(16)8-10(12)9-18(2)14(21)17-15(6-7-15)13(19)20/h4-5,8H,3,6-7,9H2,1-2H3,(H,17,21)(H,19,20). The molecule has 0 heterocycles. The quantitative estimate of drug-likeness (QED) is 0.842. The van der Waals surface area contributed by atoms with Gasteiger partial charge < -0.3 is 20.1 Å². The molecule has 1 saturated carbocycles. The van der Waals surface area contributed by atoms with Gasteiger partial charge in [0, 0.05) is 17.6 Å². The number of benzene rings is 1. The number of rotatable bonds is 6. The average molecular weight is 327 g/mol. The molecule has 2 rings (SSSR count). The number of nitrogens with zero attached hydrogens (tertiary/aromatic N) is 1. The Morgan fingerprint density at radius 2 is 2.14 bits per heavy atom. The molecule has 0 aliphatic heterocycles. The molecule has 6 nitrogen and oxygen atoms in total. The van der Waals surface area contributed by atoms with Crippen LogP contribution < -0.4 is 10.1 Å². The minimum Gasteiger partial charge on any atom is -0.494 e. The van der Waals surface area contributed by atoms with Crippen LogP contribution in [0.4, 0.5) is 4.79 Å². The fraction of sp³-hybridized carbons (Fsp3) is 0.467. The molecular formula is C15H19ClN2O4. The van der Waals surface area contributed by atoms with Gasteiger partial charge in [-0.25, -0.2) is 9.59 Å². The van der Waals surface area contributed by atoms with Gasteiger partial charge in [0.1, 0.15) is 11.3 Å². The molecular weight excluding hydrogens is 308 g/mol. The predicted molar refractivity (Wildman–Crippen MR) is 82.2 cm³/mol. The van der Waals surface area contributed by atoms with Crippen LogP contribution in [0.5, 0.6) is 5.75 Å². The summed E-state index contributed by atoms with van der Waals surface area (Å²) in [5.74, 6) is -0.335. The van der Waals surface area contributed by atoms with E-state index in [1.807, 2.05) is 6.92 Å². The molecule has 0 atom stereocenters. The highest BCUT2D eigenvalue weighted by molar-refractivity contribution is 6.30. The summed E-state index contributed by atoms with van der Waals surface area (Å²) in [7, 11) is 1.60. The van der Waals surface area contributed by atoms with Gasteiger partial charge in [-0.1, -0.05) is 11.6 Å². The van der Waals surface area contributed by atoms with E-state index in [2.05, 4.69) is 5.32 Å². The Balaban J connectivity index is 2.05. The largest absolute Gasteiger partial charge is 0.494 e. The average Bonchev–Trinajstić information content (AvgIpc) is 3.23. The van der Waals surface area contributed by atoms with Crippen LogP contribution in [0.1, 0.15) is 25.3 Å². The number of carbonyl (C=O) groups is 2. The van der Waals surface area contributed by atoms with Crippen molar-refractivity contribution in [2.45, 2.75) is 31.8 Å². The lowest BCUT2D eigenvalue weighted by Gasteiger charge is -2.22. The summed E-state index contributed by atoms with van der Waals surface area (Å²) < 4.78 is 5.51. The summed E-state index contributed by atoms with van der Waals surface area (Å²) in [5.41, 5.74) is -0.324. The number of nitrogens with one attached hydrogen (secondary N) is 1. The summed E-state index contributed by atoms with van der Waals surface area (Å²) in [6.07, 6.45) is 0.923. The van der Waals surface area contributed by atoms with Gasteiger partial charge in [0.05, 0.1) is 13.2 Å². The zero-order valence-corrected chi connectivity index (χ0v) is 13.3. The Hall–Kier alpha value is -1.95. The monoisotopic (exact) mass is 326 g/mol. The van der Waals surface area contributed by atoms with E-state index in [4.69, 9.17) is 21.4 Å². The number of urea groups is 1. The normalized spacial score (nSPS) is 15.0. The smallest absolute Gasteiger partial charge is 0.329 e. The maximum Gasteiger partial charge on any atom is 0.329 e. The van der Waals surface area contributed by atoms with Crippen LogP contribution in [0, 0.1) is 0 Å². The fourth-order valence-corrected chi connectivity index (χ4v) is 2.31. The van der Waals surface area contributed by atoms with E-state index < -0.39 is 17.5 Å². The van der Waals surface area contributed by atoms with E-state index in [0.29, 0.717) is 30.2 Å². The van der Waals surface area contributed by atoms with E-state index in [1.54, 1.807) is 25.2 Å². The van der Waals surface area contributed by atoms with E-state index in [0.717, 1.165) is 5.56 Å². The highest BCUT2D eigenvalue weighted by atomic mass is 35.5. The molecule has 0 unspecified atom stereocenters.